The molecule has 0 N–H and O–H groups in total. The van der Waals surface area contributed by atoms with Crippen LogP contribution in [0.4, 0.5) is 0 Å². The Hall–Kier alpha value is -2.93. The first-order chi connectivity index (χ1) is 16.1. The van der Waals surface area contributed by atoms with Crippen LogP contribution in [-0.2, 0) is 27.5 Å². The fraction of sp³-hybridized carbons (Fsp3) is 0.500. The lowest BCUT2D eigenvalue weighted by molar-refractivity contribution is -0.139. The van der Waals surface area contributed by atoms with Crippen LogP contribution in [0.25, 0.3) is 0 Å². The van der Waals surface area contributed by atoms with E-state index in [0.717, 1.165) is 29.8 Å². The summed E-state index contributed by atoms with van der Waals surface area (Å²) < 4.78 is 11.6. The van der Waals surface area contributed by atoms with E-state index in [1.807, 2.05) is 42.5 Å². The fourth-order valence-corrected chi connectivity index (χ4v) is 4.68. The number of nitrogens with zero attached hydrogens (tertiary/aromatic N) is 3. The van der Waals surface area contributed by atoms with Gasteiger partial charge in [0.1, 0.15) is 5.75 Å². The van der Waals surface area contributed by atoms with Crippen LogP contribution >= 0.6 is 0 Å². The summed E-state index contributed by atoms with van der Waals surface area (Å²) in [6.07, 6.45) is 6.58. The van der Waals surface area contributed by atoms with Gasteiger partial charge in [-0.15, -0.1) is 0 Å². The Balaban J connectivity index is 1.46. The normalized spacial score (nSPS) is 19.5. The predicted octanol–water partition coefficient (Wildman–Crippen LogP) is 3.43. The molecule has 0 spiro atoms. The molecule has 1 aromatic carbocycles. The van der Waals surface area contributed by atoms with Crippen LogP contribution in [0.1, 0.15) is 43.4 Å². The molecule has 1 aliphatic carbocycles. The number of amides is 2. The van der Waals surface area contributed by atoms with Crippen LogP contribution in [-0.4, -0.2) is 59.4 Å². The Labute approximate surface area is 195 Å². The number of rotatable bonds is 8. The molecule has 2 amide bonds. The van der Waals surface area contributed by atoms with Gasteiger partial charge in [-0.1, -0.05) is 31.0 Å². The van der Waals surface area contributed by atoms with Crippen molar-refractivity contribution in [1.29, 1.82) is 0 Å². The maximum absolute atomic E-state index is 13.1. The van der Waals surface area contributed by atoms with Gasteiger partial charge in [0.25, 0.3) is 0 Å². The average Bonchev–Trinajstić information content (AvgIpc) is 3.29. The number of hydrogen-bond donors (Lipinski definition) is 0. The highest BCUT2D eigenvalue weighted by molar-refractivity contribution is 5.85. The quantitative estimate of drug-likeness (QED) is 0.615. The molecular weight excluding hydrogens is 418 g/mol. The Kier molecular flexibility index (Phi) is 7.94. The van der Waals surface area contributed by atoms with E-state index in [-0.39, 0.29) is 24.5 Å². The minimum atomic E-state index is -0.279. The number of hydrogen-bond acceptors (Lipinski definition) is 5. The van der Waals surface area contributed by atoms with Crippen molar-refractivity contribution in [3.8, 4) is 5.75 Å². The number of pyridine rings is 1. The Morgan fingerprint density at radius 1 is 1.12 bits per heavy atom. The van der Waals surface area contributed by atoms with Gasteiger partial charge in [-0.2, -0.15) is 0 Å². The smallest absolute Gasteiger partial charge is 0.242 e. The highest BCUT2D eigenvalue weighted by Crippen LogP contribution is 2.28. The molecule has 2 heterocycles. The Morgan fingerprint density at radius 2 is 1.97 bits per heavy atom. The van der Waals surface area contributed by atoms with Crippen molar-refractivity contribution in [2.75, 3.05) is 26.7 Å². The molecule has 0 radical (unpaired) electrons. The SMILES string of the molecule is COc1cccc(CO[C@@H]2CN(C(=O)CC3CCCC3)CC(=O)N(Cc3ccccn3)C2)c1. The van der Waals surface area contributed by atoms with E-state index >= 15 is 0 Å². The third-order valence-corrected chi connectivity index (χ3v) is 6.52. The second kappa shape index (κ2) is 11.3. The summed E-state index contributed by atoms with van der Waals surface area (Å²) >= 11 is 0. The Morgan fingerprint density at radius 3 is 2.73 bits per heavy atom. The van der Waals surface area contributed by atoms with Gasteiger partial charge in [0, 0.05) is 25.7 Å². The summed E-state index contributed by atoms with van der Waals surface area (Å²) in [6, 6.07) is 13.4. The average molecular weight is 452 g/mol. The number of methoxy groups -OCH3 is 1. The van der Waals surface area contributed by atoms with Crippen molar-refractivity contribution >= 4 is 11.8 Å². The Bertz CT molecular complexity index is 930. The second-order valence-corrected chi connectivity index (χ2v) is 9.01. The lowest BCUT2D eigenvalue weighted by Crippen LogP contribution is -2.40. The van der Waals surface area contributed by atoms with Crippen LogP contribution in [0.2, 0.25) is 0 Å². The molecule has 1 aliphatic heterocycles. The summed E-state index contributed by atoms with van der Waals surface area (Å²) in [5.74, 6) is 1.21. The summed E-state index contributed by atoms with van der Waals surface area (Å²) in [6.45, 7) is 1.73. The zero-order valence-corrected chi connectivity index (χ0v) is 19.3. The van der Waals surface area contributed by atoms with Gasteiger partial charge in [-0.3, -0.25) is 14.6 Å². The largest absolute Gasteiger partial charge is 0.497 e. The van der Waals surface area contributed by atoms with Crippen LogP contribution in [0.3, 0.4) is 0 Å². The summed E-state index contributed by atoms with van der Waals surface area (Å²) in [7, 11) is 1.64. The highest BCUT2D eigenvalue weighted by Gasteiger charge is 2.32. The van der Waals surface area contributed by atoms with Gasteiger partial charge >= 0.3 is 0 Å². The van der Waals surface area contributed by atoms with Crippen LogP contribution in [0, 0.1) is 5.92 Å². The molecule has 7 nitrogen and oxygen atoms in total. The molecule has 176 valence electrons. The molecule has 2 aromatic rings. The van der Waals surface area contributed by atoms with Crippen molar-refractivity contribution < 1.29 is 19.1 Å². The highest BCUT2D eigenvalue weighted by atomic mass is 16.5. The second-order valence-electron chi connectivity index (χ2n) is 9.01. The van der Waals surface area contributed by atoms with Gasteiger partial charge in [0.2, 0.25) is 11.8 Å². The number of benzene rings is 1. The molecule has 1 aromatic heterocycles. The summed E-state index contributed by atoms with van der Waals surface area (Å²) in [5.41, 5.74) is 1.81. The van der Waals surface area contributed by atoms with E-state index in [2.05, 4.69) is 4.98 Å². The van der Waals surface area contributed by atoms with E-state index in [1.165, 1.54) is 12.8 Å². The van der Waals surface area contributed by atoms with E-state index in [9.17, 15) is 9.59 Å². The molecule has 0 bridgehead atoms. The lowest BCUT2D eigenvalue weighted by atomic mass is 10.0. The van der Waals surface area contributed by atoms with Gasteiger partial charge in [-0.05, 0) is 48.6 Å². The monoisotopic (exact) mass is 451 g/mol. The van der Waals surface area contributed by atoms with Crippen molar-refractivity contribution in [3.05, 3.63) is 59.9 Å². The summed E-state index contributed by atoms with van der Waals surface area (Å²) in [5, 5.41) is 0. The molecular formula is C26H33N3O4. The predicted molar refractivity (Wildman–Crippen MR) is 124 cm³/mol. The van der Waals surface area contributed by atoms with Crippen LogP contribution in [0.5, 0.6) is 5.75 Å². The molecule has 33 heavy (non-hydrogen) atoms. The first kappa shape index (κ1) is 23.2. The molecule has 0 unspecified atom stereocenters. The number of aromatic nitrogens is 1. The van der Waals surface area contributed by atoms with E-state index in [1.54, 1.807) is 23.1 Å². The van der Waals surface area contributed by atoms with E-state index in [0.29, 0.717) is 38.6 Å². The molecule has 1 saturated heterocycles. The van der Waals surface area contributed by atoms with Crippen LogP contribution < -0.4 is 4.74 Å². The minimum absolute atomic E-state index is 0.0601. The number of carbonyl (C=O) groups excluding carboxylic acids is 2. The molecule has 1 saturated carbocycles. The zero-order valence-electron chi connectivity index (χ0n) is 19.3. The van der Waals surface area contributed by atoms with Gasteiger partial charge in [-0.25, -0.2) is 0 Å². The molecule has 2 fully saturated rings. The molecule has 7 heteroatoms. The number of carbonyl (C=O) groups is 2. The minimum Gasteiger partial charge on any atom is -0.497 e. The zero-order chi connectivity index (χ0) is 23.0. The molecule has 4 rings (SSSR count). The van der Waals surface area contributed by atoms with Crippen molar-refractivity contribution in [2.45, 2.75) is 51.4 Å². The van der Waals surface area contributed by atoms with Crippen molar-refractivity contribution in [2.24, 2.45) is 5.92 Å². The van der Waals surface area contributed by atoms with Crippen LogP contribution in [0.15, 0.2) is 48.7 Å². The maximum atomic E-state index is 13.1. The van der Waals surface area contributed by atoms with Gasteiger partial charge in [0.05, 0.1) is 38.6 Å². The maximum Gasteiger partial charge on any atom is 0.242 e. The first-order valence-electron chi connectivity index (χ1n) is 11.8. The number of ether oxygens (including phenoxy) is 2. The lowest BCUT2D eigenvalue weighted by Gasteiger charge is -2.25. The van der Waals surface area contributed by atoms with Crippen molar-refractivity contribution in [1.82, 2.24) is 14.8 Å². The van der Waals surface area contributed by atoms with Gasteiger partial charge < -0.3 is 19.3 Å². The van der Waals surface area contributed by atoms with E-state index < -0.39 is 0 Å². The summed E-state index contributed by atoms with van der Waals surface area (Å²) in [4.78, 5) is 34.0. The van der Waals surface area contributed by atoms with Gasteiger partial charge in [0.15, 0.2) is 0 Å². The topological polar surface area (TPSA) is 72.0 Å². The standard InChI is InChI=1S/C26H33N3O4/c1-32-23-11-6-9-21(13-23)19-33-24-16-28(15-22-10-4-5-12-27-22)26(31)18-29(17-24)25(30)14-20-7-2-3-8-20/h4-6,9-13,20,24H,2-3,7-8,14-19H2,1H3/t24-/m0/s1. The fourth-order valence-electron chi connectivity index (χ4n) is 4.68. The first-order valence-corrected chi connectivity index (χ1v) is 11.8. The van der Waals surface area contributed by atoms with Crippen molar-refractivity contribution in [3.63, 3.8) is 0 Å². The van der Waals surface area contributed by atoms with E-state index in [4.69, 9.17) is 9.47 Å². The third kappa shape index (κ3) is 6.54. The third-order valence-electron chi connectivity index (χ3n) is 6.52. The molecule has 2 aliphatic rings. The molecule has 1 atom stereocenters.